The Morgan fingerprint density at radius 1 is 0.870 bits per heavy atom. The summed E-state index contributed by atoms with van der Waals surface area (Å²) >= 11 is 0. The van der Waals surface area contributed by atoms with Gasteiger partial charge in [0.25, 0.3) is 0 Å². The van der Waals surface area contributed by atoms with Crippen molar-refractivity contribution in [2.24, 2.45) is 17.3 Å². The molecule has 8 atom stereocenters. The predicted octanol–water partition coefficient (Wildman–Crippen LogP) is 6.09. The molecule has 0 unspecified atom stereocenters. The second kappa shape index (κ2) is 13.0. The summed E-state index contributed by atoms with van der Waals surface area (Å²) in [4.78, 5) is 53.2. The Balaban J connectivity index is 1.66. The highest BCUT2D eigenvalue weighted by Crippen LogP contribution is 2.68. The lowest BCUT2D eigenvalue weighted by atomic mass is 9.48. The third kappa shape index (κ3) is 5.85. The number of rotatable bonds is 9. The van der Waals surface area contributed by atoms with Crippen molar-refractivity contribution in [1.82, 2.24) is 0 Å². The Labute approximate surface area is 270 Å². The second-order valence-corrected chi connectivity index (χ2v) is 13.4. The van der Waals surface area contributed by atoms with Crippen molar-refractivity contribution in [2.75, 3.05) is 0 Å². The van der Waals surface area contributed by atoms with Crippen LogP contribution in [0.2, 0.25) is 0 Å². The maximum Gasteiger partial charge on any atom is 0.338 e. The molecule has 9 nitrogen and oxygen atoms in total. The third-order valence-electron chi connectivity index (χ3n) is 10.1. The van der Waals surface area contributed by atoms with Gasteiger partial charge in [0, 0.05) is 19.4 Å². The Bertz CT molecular complexity index is 1470. The summed E-state index contributed by atoms with van der Waals surface area (Å²) in [7, 11) is 0. The molecule has 1 aliphatic heterocycles. The van der Waals surface area contributed by atoms with E-state index in [9.17, 15) is 19.2 Å². The van der Waals surface area contributed by atoms with Gasteiger partial charge < -0.3 is 23.7 Å². The summed E-state index contributed by atoms with van der Waals surface area (Å²) < 4.78 is 32.1. The van der Waals surface area contributed by atoms with Crippen LogP contribution in [0.3, 0.4) is 0 Å². The fraction of sp³-hybridized carbons (Fsp3) is 0.514. The van der Waals surface area contributed by atoms with Crippen molar-refractivity contribution in [3.05, 3.63) is 77.9 Å². The second-order valence-electron chi connectivity index (χ2n) is 13.4. The molecule has 3 aliphatic rings. The van der Waals surface area contributed by atoms with Crippen LogP contribution in [-0.2, 0) is 38.1 Å². The van der Waals surface area contributed by atoms with Gasteiger partial charge in [-0.2, -0.15) is 0 Å². The predicted molar refractivity (Wildman–Crippen MR) is 169 cm³/mol. The lowest BCUT2D eigenvalue weighted by Crippen LogP contribution is -2.76. The highest BCUT2D eigenvalue weighted by molar-refractivity contribution is 5.89. The zero-order valence-corrected chi connectivity index (χ0v) is 27.4. The standard InChI is InChI=1S/C37H44O9/c1-7-14-28(39)44-31-30-32(42-24(3)38)37(46-35(30,4)5)23(2)19-21-27(43-29(40)22-20-25-15-10-8-11-16-25)36(37,6)33(31)45-34(41)26-17-12-9-13-18-26/h8-13,15-18,20,22-23,27,30-33H,7,14,19,21H2,1-6H3/b22-20+/t23-,27+,30-,31-,32-,33-,36+,37-/m1/s1. The molecule has 0 aromatic heterocycles. The van der Waals surface area contributed by atoms with Crippen LogP contribution in [0.15, 0.2) is 66.7 Å². The quantitative estimate of drug-likeness (QED) is 0.184. The first-order valence-electron chi connectivity index (χ1n) is 16.1. The lowest BCUT2D eigenvalue weighted by Gasteiger charge is -2.62. The largest absolute Gasteiger partial charge is 0.459 e. The van der Waals surface area contributed by atoms with E-state index >= 15 is 0 Å². The fourth-order valence-electron chi connectivity index (χ4n) is 8.12. The Kier molecular flexibility index (Phi) is 9.45. The lowest BCUT2D eigenvalue weighted by molar-refractivity contribution is -0.298. The van der Waals surface area contributed by atoms with E-state index in [2.05, 4.69) is 0 Å². The molecule has 1 heterocycles. The molecule has 0 radical (unpaired) electrons. The molecule has 2 aromatic carbocycles. The van der Waals surface area contributed by atoms with Crippen molar-refractivity contribution in [3.63, 3.8) is 0 Å². The maximum absolute atomic E-state index is 13.8. The highest BCUT2D eigenvalue weighted by atomic mass is 16.6. The summed E-state index contributed by atoms with van der Waals surface area (Å²) in [6.45, 7) is 10.8. The maximum atomic E-state index is 13.8. The molecule has 2 saturated carbocycles. The van der Waals surface area contributed by atoms with E-state index in [1.54, 1.807) is 36.4 Å². The van der Waals surface area contributed by atoms with Gasteiger partial charge in [-0.15, -0.1) is 0 Å². The zero-order valence-electron chi connectivity index (χ0n) is 27.4. The summed E-state index contributed by atoms with van der Waals surface area (Å²) in [5.41, 5.74) is -2.41. The van der Waals surface area contributed by atoms with Gasteiger partial charge in [-0.1, -0.05) is 62.4 Å². The van der Waals surface area contributed by atoms with Gasteiger partial charge in [-0.3, -0.25) is 9.59 Å². The number of esters is 4. The number of carbonyl (C=O) groups excluding carboxylic acids is 4. The first-order chi connectivity index (χ1) is 21.8. The molecule has 2 aromatic rings. The molecule has 1 saturated heterocycles. The molecule has 9 heteroatoms. The van der Waals surface area contributed by atoms with E-state index in [1.807, 2.05) is 65.0 Å². The van der Waals surface area contributed by atoms with Crippen molar-refractivity contribution in [3.8, 4) is 0 Å². The molecule has 46 heavy (non-hydrogen) atoms. The van der Waals surface area contributed by atoms with Crippen molar-refractivity contribution in [2.45, 2.75) is 103 Å². The number of ether oxygens (including phenoxy) is 5. The van der Waals surface area contributed by atoms with Gasteiger partial charge in [0.1, 0.15) is 23.9 Å². The fourth-order valence-corrected chi connectivity index (χ4v) is 8.12. The van der Waals surface area contributed by atoms with Crippen LogP contribution >= 0.6 is 0 Å². The monoisotopic (exact) mass is 632 g/mol. The Hall–Kier alpha value is -3.98. The average molecular weight is 633 g/mol. The number of carbonyl (C=O) groups is 4. The normalized spacial score (nSPS) is 32.7. The SMILES string of the molecule is CCCC(=O)O[C@@H]1[C@@H]2[C@@H](OC(C)=O)[C@]3(OC2(C)C)[C@H](C)CC[C@H](OC(=O)/C=C/c2ccccc2)[C@@]3(C)[C@@H]1OC(=O)c1ccccc1. The first kappa shape index (κ1) is 33.4. The number of fused-ring (bicyclic) bond motifs is 1. The van der Waals surface area contributed by atoms with Crippen molar-refractivity contribution in [1.29, 1.82) is 0 Å². The van der Waals surface area contributed by atoms with Crippen LogP contribution < -0.4 is 0 Å². The van der Waals surface area contributed by atoms with Gasteiger partial charge >= 0.3 is 23.9 Å². The minimum Gasteiger partial charge on any atom is -0.459 e. The van der Waals surface area contributed by atoms with Crippen LogP contribution in [0.1, 0.15) is 83.1 Å². The molecule has 246 valence electrons. The van der Waals surface area contributed by atoms with Crippen molar-refractivity contribution < 1.29 is 42.9 Å². The molecule has 0 amide bonds. The highest BCUT2D eigenvalue weighted by Gasteiger charge is 2.82. The molecule has 0 N–H and O–H groups in total. The van der Waals surface area contributed by atoms with Gasteiger partial charge in [0.15, 0.2) is 6.10 Å². The van der Waals surface area contributed by atoms with Crippen molar-refractivity contribution >= 4 is 30.0 Å². The van der Waals surface area contributed by atoms with Gasteiger partial charge in [0.2, 0.25) is 0 Å². The smallest absolute Gasteiger partial charge is 0.338 e. The van der Waals surface area contributed by atoms with E-state index in [-0.39, 0.29) is 12.3 Å². The van der Waals surface area contributed by atoms with E-state index in [0.29, 0.717) is 24.8 Å². The van der Waals surface area contributed by atoms with E-state index in [0.717, 1.165) is 5.56 Å². The van der Waals surface area contributed by atoms with Crippen LogP contribution in [0.25, 0.3) is 6.08 Å². The Morgan fingerprint density at radius 3 is 2.15 bits per heavy atom. The number of hydrogen-bond donors (Lipinski definition) is 0. The minimum absolute atomic E-state index is 0.142. The number of hydrogen-bond acceptors (Lipinski definition) is 9. The zero-order chi connectivity index (χ0) is 33.3. The van der Waals surface area contributed by atoms with Crippen LogP contribution in [-0.4, -0.2) is 59.5 Å². The third-order valence-corrected chi connectivity index (χ3v) is 10.1. The number of benzene rings is 2. The van der Waals surface area contributed by atoms with Crippen LogP contribution in [0.5, 0.6) is 0 Å². The average Bonchev–Trinajstić information content (AvgIpc) is 3.22. The summed E-state index contributed by atoms with van der Waals surface area (Å²) in [6, 6.07) is 17.9. The molecular weight excluding hydrogens is 588 g/mol. The van der Waals surface area contributed by atoms with E-state index < -0.39 is 70.8 Å². The van der Waals surface area contributed by atoms with Crippen LogP contribution in [0, 0.1) is 17.3 Å². The molecule has 1 spiro atoms. The summed E-state index contributed by atoms with van der Waals surface area (Å²) in [5, 5.41) is 0. The Morgan fingerprint density at radius 2 is 1.52 bits per heavy atom. The van der Waals surface area contributed by atoms with Gasteiger partial charge in [-0.05, 0) is 69.7 Å². The first-order valence-corrected chi connectivity index (χ1v) is 16.1. The molecule has 3 fully saturated rings. The molecule has 2 bridgehead atoms. The van der Waals surface area contributed by atoms with E-state index in [4.69, 9.17) is 23.7 Å². The minimum atomic E-state index is -1.31. The van der Waals surface area contributed by atoms with Crippen LogP contribution in [0.4, 0.5) is 0 Å². The molecule has 5 rings (SSSR count). The summed E-state index contributed by atoms with van der Waals surface area (Å²) in [6.07, 6.45) is 0.794. The topological polar surface area (TPSA) is 114 Å². The van der Waals surface area contributed by atoms with E-state index in [1.165, 1.54) is 13.0 Å². The van der Waals surface area contributed by atoms with Gasteiger partial charge in [0.05, 0.1) is 22.5 Å². The summed E-state index contributed by atoms with van der Waals surface area (Å²) in [5.74, 6) is -3.10. The molecular formula is C37H44O9. The molecule has 2 aliphatic carbocycles. The van der Waals surface area contributed by atoms with Gasteiger partial charge in [-0.25, -0.2) is 9.59 Å².